The molecule has 0 bridgehead atoms. The first-order chi connectivity index (χ1) is 21.2. The maximum Gasteiger partial charge on any atom is 0.266 e. The van der Waals surface area contributed by atoms with E-state index < -0.39 is 17.8 Å². The van der Waals surface area contributed by atoms with Crippen LogP contribution in [0.5, 0.6) is 0 Å². The molecule has 4 fully saturated rings. The van der Waals surface area contributed by atoms with E-state index in [2.05, 4.69) is 10.3 Å². The van der Waals surface area contributed by atoms with Crippen molar-refractivity contribution in [1.82, 2.24) is 25.1 Å². The minimum atomic E-state index is -2.65. The molecule has 1 spiro atoms. The number of amides is 2. The molecule has 0 radical (unpaired) electrons. The number of nitrogens with one attached hydrogen (secondary N) is 2. The van der Waals surface area contributed by atoms with Gasteiger partial charge in [0.2, 0.25) is 17.8 Å². The van der Waals surface area contributed by atoms with Crippen molar-refractivity contribution in [2.24, 2.45) is 28.9 Å². The van der Waals surface area contributed by atoms with Crippen molar-refractivity contribution in [3.63, 3.8) is 0 Å². The number of H-pyrrole nitrogens is 1. The predicted molar refractivity (Wildman–Crippen MR) is 159 cm³/mol. The highest BCUT2D eigenvalue weighted by atomic mass is 19.3. The monoisotopic (exact) mass is 628 g/mol. The third-order valence-electron chi connectivity index (χ3n) is 10.4. The summed E-state index contributed by atoms with van der Waals surface area (Å²) in [6.45, 7) is 3.84. The fraction of sp³-hybridized carbons (Fsp3) is 0.636. The zero-order chi connectivity index (χ0) is 31.9. The Balaban J connectivity index is 1.14. The molecule has 2 amide bonds. The first-order valence-electron chi connectivity index (χ1n) is 16.1. The lowest BCUT2D eigenvalue weighted by atomic mass is 9.49. The van der Waals surface area contributed by atoms with Gasteiger partial charge >= 0.3 is 0 Å². The average Bonchev–Trinajstić information content (AvgIpc) is 3.48. The molecule has 242 valence electrons. The first kappa shape index (κ1) is 30.2. The van der Waals surface area contributed by atoms with Gasteiger partial charge in [-0.1, -0.05) is 6.07 Å². The van der Waals surface area contributed by atoms with Crippen LogP contribution in [0.4, 0.5) is 17.6 Å². The van der Waals surface area contributed by atoms with Crippen molar-refractivity contribution in [2.45, 2.75) is 108 Å². The molecule has 2 atom stereocenters. The van der Waals surface area contributed by atoms with Gasteiger partial charge in [-0.05, 0) is 92.9 Å². The van der Waals surface area contributed by atoms with Crippen LogP contribution in [0.3, 0.4) is 0 Å². The second kappa shape index (κ2) is 10.6. The lowest BCUT2D eigenvalue weighted by Crippen LogP contribution is -2.53. The number of imidazole rings is 1. The van der Waals surface area contributed by atoms with Gasteiger partial charge in [0, 0.05) is 38.1 Å². The number of fused-ring (bicyclic) bond motifs is 1. The molecule has 2 aromatic heterocycles. The molecular weight excluding hydrogens is 588 g/mol. The number of nitrogens with two attached hydrogens (primary N) is 1. The van der Waals surface area contributed by atoms with Crippen LogP contribution in [0.2, 0.25) is 0 Å². The van der Waals surface area contributed by atoms with Gasteiger partial charge < -0.3 is 16.0 Å². The molecule has 3 aromatic rings. The Morgan fingerprint density at radius 3 is 2.33 bits per heavy atom. The molecule has 4 aliphatic rings. The summed E-state index contributed by atoms with van der Waals surface area (Å²) in [6, 6.07) is 7.25. The normalized spacial score (nSPS) is 24.6. The summed E-state index contributed by atoms with van der Waals surface area (Å²) in [4.78, 5) is 33.5. The van der Waals surface area contributed by atoms with E-state index in [4.69, 9.17) is 15.8 Å². The van der Waals surface area contributed by atoms with Crippen molar-refractivity contribution < 1.29 is 27.2 Å². The van der Waals surface area contributed by atoms with E-state index in [1.807, 2.05) is 32.0 Å². The van der Waals surface area contributed by atoms with E-state index in [0.29, 0.717) is 29.6 Å². The smallest absolute Gasteiger partial charge is 0.266 e. The standard InChI is InChI=1S/C33H40F4N6O2/c1-17(2)43-26(29(38)45)10-24(42-43)22(7-18-11-31(12-18)15-33(36,37)16-31)30-39-23-6-5-21(9-25(23)40-30)28(20-3-4-20)41-27(44)8-19-13-32(34,35)14-19/h5-6,9-10,17-20,22,28H,3-4,7-8,11-16H2,1-2H3,(H2,38,45)(H,39,40)(H,41,44)/t22-,28+/m0/s1. The summed E-state index contributed by atoms with van der Waals surface area (Å²) >= 11 is 0. The molecule has 8 nitrogen and oxygen atoms in total. The van der Waals surface area contributed by atoms with E-state index in [1.165, 1.54) is 0 Å². The Morgan fingerprint density at radius 1 is 1.04 bits per heavy atom. The summed E-state index contributed by atoms with van der Waals surface area (Å²) < 4.78 is 55.6. The first-order valence-corrected chi connectivity index (χ1v) is 16.1. The minimum Gasteiger partial charge on any atom is -0.364 e. The summed E-state index contributed by atoms with van der Waals surface area (Å²) in [5.41, 5.74) is 8.83. The Bertz CT molecular complexity index is 1620. The van der Waals surface area contributed by atoms with Crippen LogP contribution < -0.4 is 11.1 Å². The van der Waals surface area contributed by atoms with E-state index in [9.17, 15) is 27.2 Å². The van der Waals surface area contributed by atoms with Gasteiger partial charge in [0.15, 0.2) is 0 Å². The molecule has 1 aromatic carbocycles. The van der Waals surface area contributed by atoms with Gasteiger partial charge in [0.1, 0.15) is 11.5 Å². The molecule has 4 saturated carbocycles. The van der Waals surface area contributed by atoms with Gasteiger partial charge in [-0.25, -0.2) is 22.5 Å². The number of hydrogen-bond donors (Lipinski definition) is 3. The van der Waals surface area contributed by atoms with E-state index in [0.717, 1.165) is 42.3 Å². The maximum atomic E-state index is 13.7. The summed E-state index contributed by atoms with van der Waals surface area (Å²) in [5, 5.41) is 7.89. The van der Waals surface area contributed by atoms with Crippen LogP contribution in [-0.4, -0.2) is 43.4 Å². The number of nitrogens with zero attached hydrogens (tertiary/aromatic N) is 3. The fourth-order valence-electron chi connectivity index (χ4n) is 8.27. The zero-order valence-corrected chi connectivity index (χ0v) is 25.6. The van der Waals surface area contributed by atoms with Gasteiger partial charge in [-0.2, -0.15) is 5.10 Å². The van der Waals surface area contributed by atoms with E-state index in [1.54, 1.807) is 10.7 Å². The third-order valence-corrected chi connectivity index (χ3v) is 10.4. The van der Waals surface area contributed by atoms with Gasteiger partial charge in [-0.15, -0.1) is 0 Å². The molecule has 2 heterocycles. The van der Waals surface area contributed by atoms with Crippen molar-refractivity contribution in [3.05, 3.63) is 47.0 Å². The lowest BCUT2D eigenvalue weighted by Gasteiger charge is -2.57. The van der Waals surface area contributed by atoms with Crippen molar-refractivity contribution >= 4 is 22.8 Å². The van der Waals surface area contributed by atoms with Crippen molar-refractivity contribution in [1.29, 1.82) is 0 Å². The highest BCUT2D eigenvalue weighted by molar-refractivity contribution is 5.91. The number of rotatable bonds is 11. The van der Waals surface area contributed by atoms with Gasteiger partial charge in [0.05, 0.1) is 28.7 Å². The molecule has 4 N–H and O–H groups in total. The van der Waals surface area contributed by atoms with Crippen LogP contribution >= 0.6 is 0 Å². The second-order valence-corrected chi connectivity index (χ2v) is 14.7. The Kier molecular flexibility index (Phi) is 7.09. The molecule has 4 aliphatic carbocycles. The average molecular weight is 629 g/mol. The SMILES string of the molecule is CC(C)n1nc([C@H](CC2CC3(C2)CC(F)(F)C3)c2nc3ccc([C@H](NC(=O)CC4CC(F)(F)C4)C4CC4)cc3[nH]2)cc1C(N)=O. The highest BCUT2D eigenvalue weighted by Crippen LogP contribution is 2.65. The topological polar surface area (TPSA) is 119 Å². The molecule has 0 saturated heterocycles. The predicted octanol–water partition coefficient (Wildman–Crippen LogP) is 6.79. The number of benzene rings is 1. The second-order valence-electron chi connectivity index (χ2n) is 14.7. The van der Waals surface area contributed by atoms with Crippen LogP contribution in [0, 0.1) is 23.2 Å². The molecule has 0 aliphatic heterocycles. The molecule has 0 unspecified atom stereocenters. The Labute approximate surface area is 258 Å². The maximum absolute atomic E-state index is 13.7. The highest BCUT2D eigenvalue weighted by Gasteiger charge is 2.61. The van der Waals surface area contributed by atoms with E-state index in [-0.39, 0.29) is 73.3 Å². The van der Waals surface area contributed by atoms with Crippen LogP contribution in [0.15, 0.2) is 24.3 Å². The minimum absolute atomic E-state index is 0.0474. The van der Waals surface area contributed by atoms with Crippen LogP contribution in [-0.2, 0) is 4.79 Å². The van der Waals surface area contributed by atoms with Crippen molar-refractivity contribution in [2.75, 3.05) is 0 Å². The zero-order valence-electron chi connectivity index (χ0n) is 25.6. The number of alkyl halides is 4. The third kappa shape index (κ3) is 5.96. The number of primary amides is 1. The lowest BCUT2D eigenvalue weighted by molar-refractivity contribution is -0.207. The summed E-state index contributed by atoms with van der Waals surface area (Å²) in [7, 11) is 0. The van der Waals surface area contributed by atoms with Crippen LogP contribution in [0.1, 0.15) is 124 Å². The molecule has 7 rings (SSSR count). The molecule has 45 heavy (non-hydrogen) atoms. The number of aromatic amines is 1. The summed E-state index contributed by atoms with van der Waals surface area (Å²) in [6.07, 6.45) is 3.62. The van der Waals surface area contributed by atoms with Crippen molar-refractivity contribution in [3.8, 4) is 0 Å². The molecule has 12 heteroatoms. The molecular formula is C33H40F4N6O2. The number of aromatic nitrogens is 4. The summed E-state index contributed by atoms with van der Waals surface area (Å²) in [5.74, 6) is -5.39. The number of carbonyl (C=O) groups is 2. The fourth-order valence-corrected chi connectivity index (χ4v) is 8.27. The van der Waals surface area contributed by atoms with E-state index >= 15 is 0 Å². The number of carbonyl (C=O) groups excluding carboxylic acids is 2. The Hall–Kier alpha value is -3.44. The quantitative estimate of drug-likeness (QED) is 0.203. The van der Waals surface area contributed by atoms with Crippen LogP contribution in [0.25, 0.3) is 11.0 Å². The van der Waals surface area contributed by atoms with Gasteiger partial charge in [0.25, 0.3) is 5.91 Å². The largest absolute Gasteiger partial charge is 0.364 e. The number of halogens is 4. The Morgan fingerprint density at radius 2 is 1.76 bits per heavy atom. The van der Waals surface area contributed by atoms with Gasteiger partial charge in [-0.3, -0.25) is 14.3 Å². The number of hydrogen-bond acceptors (Lipinski definition) is 4.